The predicted molar refractivity (Wildman–Crippen MR) is 186 cm³/mol. The highest BCUT2D eigenvalue weighted by Gasteiger charge is 2.51. The molecular formula is C37H36Cl2FN5O3. The van der Waals surface area contributed by atoms with E-state index in [0.717, 1.165) is 77.9 Å². The maximum atomic E-state index is 17.1. The van der Waals surface area contributed by atoms with Crippen LogP contribution in [0.25, 0.3) is 32.8 Å². The minimum Gasteiger partial charge on any atom is -0.508 e. The van der Waals surface area contributed by atoms with Crippen LogP contribution in [0.4, 0.5) is 10.2 Å². The molecule has 2 unspecified atom stereocenters. The van der Waals surface area contributed by atoms with Crippen LogP contribution in [-0.2, 0) is 4.74 Å². The lowest BCUT2D eigenvalue weighted by molar-refractivity contribution is -0.0532. The number of morpholine rings is 1. The lowest BCUT2D eigenvalue weighted by atomic mass is 9.93. The van der Waals surface area contributed by atoms with Crippen molar-refractivity contribution in [2.45, 2.75) is 56.2 Å². The number of nitrogens with one attached hydrogen (secondary N) is 1. The number of aromatic hydroxyl groups is 1. The minimum absolute atomic E-state index is 0.0229. The highest BCUT2D eigenvalue weighted by atomic mass is 35.5. The molecule has 11 heteroatoms. The second-order valence-electron chi connectivity index (χ2n) is 14.5. The molecule has 0 radical (unpaired) electrons. The van der Waals surface area contributed by atoms with E-state index in [9.17, 15) is 5.11 Å². The minimum atomic E-state index is -0.636. The second kappa shape index (κ2) is 11.3. The largest absolute Gasteiger partial charge is 0.508 e. The van der Waals surface area contributed by atoms with Crippen LogP contribution in [0.5, 0.6) is 11.8 Å². The molecule has 2 aliphatic carbocycles. The van der Waals surface area contributed by atoms with Crippen LogP contribution in [-0.4, -0.2) is 83.6 Å². The van der Waals surface area contributed by atoms with E-state index in [-0.39, 0.29) is 38.9 Å². The monoisotopic (exact) mass is 687 g/mol. The first-order chi connectivity index (χ1) is 23.2. The van der Waals surface area contributed by atoms with Gasteiger partial charge in [0.15, 0.2) is 5.82 Å². The molecule has 1 spiro atoms. The Morgan fingerprint density at radius 3 is 2.60 bits per heavy atom. The van der Waals surface area contributed by atoms with Gasteiger partial charge in [0.25, 0.3) is 0 Å². The predicted octanol–water partition coefficient (Wildman–Crippen LogP) is 6.55. The van der Waals surface area contributed by atoms with Gasteiger partial charge in [0, 0.05) is 66.6 Å². The van der Waals surface area contributed by atoms with Gasteiger partial charge in [-0.05, 0) is 73.7 Å². The van der Waals surface area contributed by atoms with E-state index in [4.69, 9.17) is 49.1 Å². The van der Waals surface area contributed by atoms with E-state index < -0.39 is 5.82 Å². The third kappa shape index (κ3) is 5.33. The van der Waals surface area contributed by atoms with Crippen LogP contribution in [0.1, 0.15) is 44.1 Å². The van der Waals surface area contributed by atoms with Gasteiger partial charge in [-0.1, -0.05) is 35.2 Å². The van der Waals surface area contributed by atoms with Gasteiger partial charge in [-0.15, -0.1) is 6.42 Å². The summed E-state index contributed by atoms with van der Waals surface area (Å²) in [6.45, 7) is 5.56. The number of ether oxygens (including phenoxy) is 2. The summed E-state index contributed by atoms with van der Waals surface area (Å²) in [6.07, 6.45) is 12.5. The van der Waals surface area contributed by atoms with E-state index in [0.29, 0.717) is 56.8 Å². The summed E-state index contributed by atoms with van der Waals surface area (Å²) in [7, 11) is 0. The van der Waals surface area contributed by atoms with E-state index in [1.165, 1.54) is 6.07 Å². The maximum Gasteiger partial charge on any atom is 0.319 e. The summed E-state index contributed by atoms with van der Waals surface area (Å²) in [5.41, 5.74) is 1.01. The molecule has 5 fully saturated rings. The highest BCUT2D eigenvalue weighted by molar-refractivity contribution is 6.36. The Balaban J connectivity index is 1.13. The topological polar surface area (TPSA) is 83.0 Å². The molecule has 8 nitrogen and oxygen atoms in total. The molecule has 4 aromatic rings. The number of piperazine rings is 1. The van der Waals surface area contributed by atoms with Gasteiger partial charge in [-0.3, -0.25) is 4.90 Å². The van der Waals surface area contributed by atoms with Crippen molar-refractivity contribution in [3.63, 3.8) is 0 Å². The van der Waals surface area contributed by atoms with Gasteiger partial charge < -0.3 is 24.8 Å². The number of terminal acetylenes is 1. The van der Waals surface area contributed by atoms with Crippen LogP contribution in [0.3, 0.4) is 0 Å². The van der Waals surface area contributed by atoms with Crippen LogP contribution in [0.15, 0.2) is 30.3 Å². The number of nitrogens with zero attached hydrogens (tertiary/aromatic N) is 4. The average Bonchev–Trinajstić information content (AvgIpc) is 3.99. The quantitative estimate of drug-likeness (QED) is 0.212. The SMILES string of the molecule is C#Cc1c(Cl)ccc2cc(O)cc(-c3c(Cl)cc4c(N5CC6CCC(C5)N6)nc(OCC5(CN6CCOC7(CC7)C6)CC5)nc4c3F)c12. The lowest BCUT2D eigenvalue weighted by Gasteiger charge is -2.35. The summed E-state index contributed by atoms with van der Waals surface area (Å²) in [5.74, 6) is 2.57. The molecule has 0 amide bonds. The van der Waals surface area contributed by atoms with E-state index in [1.54, 1.807) is 24.3 Å². The first kappa shape index (κ1) is 30.7. The molecular weight excluding hydrogens is 652 g/mol. The van der Waals surface area contributed by atoms with Crippen molar-refractivity contribution in [2.75, 3.05) is 50.8 Å². The van der Waals surface area contributed by atoms with Crippen molar-refractivity contribution >= 4 is 50.7 Å². The van der Waals surface area contributed by atoms with Crippen molar-refractivity contribution in [1.29, 1.82) is 0 Å². The normalized spacial score (nSPS) is 23.9. The van der Waals surface area contributed by atoms with Gasteiger partial charge in [0.05, 0.1) is 34.4 Å². The zero-order chi connectivity index (χ0) is 32.8. The molecule has 3 aliphatic heterocycles. The van der Waals surface area contributed by atoms with Crippen LogP contribution < -0.4 is 15.0 Å². The third-order valence-corrected chi connectivity index (χ3v) is 11.6. The zero-order valence-corrected chi connectivity index (χ0v) is 28.0. The third-order valence-electron chi connectivity index (χ3n) is 11.0. The molecule has 2 N–H and O–H groups in total. The number of phenolic OH excluding ortho intramolecular Hbond substituents is 1. The lowest BCUT2D eigenvalue weighted by Crippen LogP contribution is -2.51. The molecule has 248 valence electrons. The fourth-order valence-electron chi connectivity index (χ4n) is 8.16. The fraction of sp³-hybridized carbons (Fsp3) is 0.459. The van der Waals surface area contributed by atoms with Gasteiger partial charge in [-0.25, -0.2) is 4.39 Å². The van der Waals surface area contributed by atoms with E-state index in [1.807, 2.05) is 0 Å². The summed E-state index contributed by atoms with van der Waals surface area (Å²) >= 11 is 13.5. The van der Waals surface area contributed by atoms with Crippen LogP contribution in [0, 0.1) is 23.6 Å². The molecule has 3 aromatic carbocycles. The number of aromatic nitrogens is 2. The smallest absolute Gasteiger partial charge is 0.319 e. The van der Waals surface area contributed by atoms with Crippen LogP contribution in [0.2, 0.25) is 10.0 Å². The molecule has 5 aliphatic rings. The van der Waals surface area contributed by atoms with Crippen molar-refractivity contribution in [3.05, 3.63) is 51.8 Å². The van der Waals surface area contributed by atoms with Gasteiger partial charge in [-0.2, -0.15) is 9.97 Å². The molecule has 48 heavy (non-hydrogen) atoms. The molecule has 4 heterocycles. The first-order valence-corrected chi connectivity index (χ1v) is 17.6. The summed E-state index contributed by atoms with van der Waals surface area (Å²) in [4.78, 5) is 14.4. The number of hydrogen-bond donors (Lipinski definition) is 2. The number of hydrogen-bond acceptors (Lipinski definition) is 8. The van der Waals surface area contributed by atoms with Crippen molar-refractivity contribution < 1.29 is 19.0 Å². The number of anilines is 1. The second-order valence-corrected chi connectivity index (χ2v) is 15.3. The summed E-state index contributed by atoms with van der Waals surface area (Å²) in [6, 6.07) is 9.00. The first-order valence-electron chi connectivity index (χ1n) is 16.8. The molecule has 3 saturated heterocycles. The summed E-state index contributed by atoms with van der Waals surface area (Å²) in [5, 5.41) is 16.5. The van der Waals surface area contributed by atoms with Crippen LogP contribution >= 0.6 is 23.2 Å². The Labute approximate surface area is 288 Å². The molecule has 9 rings (SSSR count). The van der Waals surface area contributed by atoms with Gasteiger partial charge in [0.1, 0.15) is 17.1 Å². The van der Waals surface area contributed by atoms with Gasteiger partial charge >= 0.3 is 6.01 Å². The number of halogens is 3. The Morgan fingerprint density at radius 1 is 1.08 bits per heavy atom. The van der Waals surface area contributed by atoms with Crippen molar-refractivity contribution in [2.24, 2.45) is 5.41 Å². The highest BCUT2D eigenvalue weighted by Crippen LogP contribution is 2.49. The Morgan fingerprint density at radius 2 is 1.88 bits per heavy atom. The number of benzene rings is 3. The molecule has 2 atom stereocenters. The number of phenols is 1. The molecule has 1 aromatic heterocycles. The van der Waals surface area contributed by atoms with E-state index >= 15 is 4.39 Å². The fourth-order valence-corrected chi connectivity index (χ4v) is 8.67. The average molecular weight is 689 g/mol. The molecule has 2 saturated carbocycles. The number of fused-ring (bicyclic) bond motifs is 4. The number of rotatable bonds is 7. The Hall–Kier alpha value is -3.39. The van der Waals surface area contributed by atoms with Crippen molar-refractivity contribution in [3.8, 4) is 35.2 Å². The van der Waals surface area contributed by atoms with Gasteiger partial charge in [0.2, 0.25) is 0 Å². The molecule has 2 bridgehead atoms. The standard InChI is InChI=1S/C37H36Cl2FN5O3/c1-2-25-28(38)6-3-21-13-24(46)14-26(30(21)25)31-29(39)15-27-33(32(31)40)42-35(43-34(27)45-16-22-4-5-23(17-45)41-22)47-20-36(7-8-36)18-44-11-12-48-37(19-44)9-10-37/h1,3,6,13-15,22-23,41,46H,4-5,7-12,16-20H2. The van der Waals surface area contributed by atoms with Crippen molar-refractivity contribution in [1.82, 2.24) is 20.2 Å². The Kier molecular flexibility index (Phi) is 7.23. The summed E-state index contributed by atoms with van der Waals surface area (Å²) < 4.78 is 29.6. The van der Waals surface area contributed by atoms with E-state index in [2.05, 4.69) is 21.0 Å². The maximum absolute atomic E-state index is 17.1. The zero-order valence-electron chi connectivity index (χ0n) is 26.5. The Bertz CT molecular complexity index is 2010.